The highest BCUT2D eigenvalue weighted by atomic mass is 35.5. The molecule has 34 heavy (non-hydrogen) atoms. The Morgan fingerprint density at radius 1 is 1.18 bits per heavy atom. The molecule has 0 aliphatic carbocycles. The smallest absolute Gasteiger partial charge is 0.312 e. The van der Waals surface area contributed by atoms with Crippen molar-refractivity contribution in [2.45, 2.75) is 18.9 Å². The van der Waals surface area contributed by atoms with Crippen LogP contribution in [0.1, 0.15) is 33.6 Å². The molecule has 2 aromatic carbocycles. The van der Waals surface area contributed by atoms with Gasteiger partial charge in [-0.3, -0.25) is 39.7 Å². The van der Waals surface area contributed by atoms with Gasteiger partial charge in [0.05, 0.1) is 17.4 Å². The molecule has 1 saturated heterocycles. The number of rotatable bonds is 9. The molecule has 0 spiro atoms. The number of hydrazine groups is 1. The molecule has 2 atom stereocenters. The largest absolute Gasteiger partial charge is 0.454 e. The molecular formula is C22H19Cl2N3O7. The second-order valence-corrected chi connectivity index (χ2v) is 8.21. The van der Waals surface area contributed by atoms with Crippen molar-refractivity contribution in [3.8, 4) is 0 Å². The summed E-state index contributed by atoms with van der Waals surface area (Å²) in [5, 5.41) is 12.5. The first-order chi connectivity index (χ1) is 16.2. The van der Waals surface area contributed by atoms with Gasteiger partial charge in [0.15, 0.2) is 6.10 Å². The van der Waals surface area contributed by atoms with E-state index in [4.69, 9.17) is 27.9 Å². The molecular weight excluding hydrogens is 489 g/mol. The molecule has 3 rings (SSSR count). The lowest BCUT2D eigenvalue weighted by molar-refractivity contribution is -0.385. The van der Waals surface area contributed by atoms with Crippen molar-refractivity contribution < 1.29 is 28.8 Å². The Bertz CT molecular complexity index is 1120. The summed E-state index contributed by atoms with van der Waals surface area (Å²) in [6.45, 7) is -0.216. The predicted octanol–water partition coefficient (Wildman–Crippen LogP) is 3.17. The highest BCUT2D eigenvalue weighted by Gasteiger charge is 2.38. The minimum atomic E-state index is -1.16. The van der Waals surface area contributed by atoms with Gasteiger partial charge in [-0.05, 0) is 30.3 Å². The Kier molecular flexibility index (Phi) is 8.19. The number of halogens is 2. The fourth-order valence-corrected chi connectivity index (χ4v) is 3.68. The van der Waals surface area contributed by atoms with E-state index in [9.17, 15) is 29.3 Å². The van der Waals surface area contributed by atoms with Crippen LogP contribution in [0.3, 0.4) is 0 Å². The molecule has 2 amide bonds. The fourth-order valence-electron chi connectivity index (χ4n) is 3.36. The average Bonchev–Trinajstić information content (AvgIpc) is 3.18. The van der Waals surface area contributed by atoms with Gasteiger partial charge in [0.1, 0.15) is 5.56 Å². The van der Waals surface area contributed by atoms with Gasteiger partial charge >= 0.3 is 5.97 Å². The van der Waals surface area contributed by atoms with Crippen LogP contribution in [0.25, 0.3) is 0 Å². The predicted molar refractivity (Wildman–Crippen MR) is 121 cm³/mol. The standard InChI is InChI=1S/C22H19Cl2N3O7/c23-10-9-18(20(29)13-5-7-15(24)8-6-13)34-22(31)14-11-19(28)26(12-14)25-21(30)16-3-1-2-4-17(16)27(32)33/h1-8,14,18H,9-12H2,(H,25,30)/t14-,18+/m0/s1. The molecule has 1 fully saturated rings. The fraction of sp³-hybridized carbons (Fsp3) is 0.273. The Balaban J connectivity index is 1.65. The SMILES string of the molecule is O=C(NN1C[C@@H](C(=O)O[C@H](CCCl)C(=O)c2ccc(Cl)cc2)CC1=O)c1ccccc1[N+](=O)[O-]. The second-order valence-electron chi connectivity index (χ2n) is 7.39. The number of nitrogens with one attached hydrogen (secondary N) is 1. The molecule has 0 bridgehead atoms. The summed E-state index contributed by atoms with van der Waals surface area (Å²) in [7, 11) is 0. The summed E-state index contributed by atoms with van der Waals surface area (Å²) in [4.78, 5) is 60.7. The number of Topliss-reactive ketones (excluding diaryl/α,β-unsaturated/α-hetero) is 1. The van der Waals surface area contributed by atoms with Crippen LogP contribution in [-0.4, -0.2) is 52.0 Å². The lowest BCUT2D eigenvalue weighted by Crippen LogP contribution is -2.43. The molecule has 178 valence electrons. The van der Waals surface area contributed by atoms with Gasteiger partial charge in [0.2, 0.25) is 11.7 Å². The van der Waals surface area contributed by atoms with Crippen molar-refractivity contribution in [1.82, 2.24) is 10.4 Å². The molecule has 1 N–H and O–H groups in total. The van der Waals surface area contributed by atoms with Gasteiger partial charge in [0.25, 0.3) is 11.6 Å². The van der Waals surface area contributed by atoms with E-state index in [0.29, 0.717) is 5.02 Å². The van der Waals surface area contributed by atoms with E-state index in [1.54, 1.807) is 0 Å². The lowest BCUT2D eigenvalue weighted by atomic mass is 10.0. The number of ether oxygens (including phenoxy) is 1. The summed E-state index contributed by atoms with van der Waals surface area (Å²) < 4.78 is 5.37. The summed E-state index contributed by atoms with van der Waals surface area (Å²) in [5.41, 5.74) is 1.92. The molecule has 10 nitrogen and oxygen atoms in total. The summed E-state index contributed by atoms with van der Waals surface area (Å²) in [6.07, 6.45) is -1.36. The lowest BCUT2D eigenvalue weighted by Gasteiger charge is -2.19. The van der Waals surface area contributed by atoms with Crippen LogP contribution in [0.2, 0.25) is 5.02 Å². The van der Waals surface area contributed by atoms with Crippen molar-refractivity contribution in [2.24, 2.45) is 5.92 Å². The van der Waals surface area contributed by atoms with Crippen molar-refractivity contribution in [2.75, 3.05) is 12.4 Å². The number of nitrogens with zero attached hydrogens (tertiary/aromatic N) is 2. The molecule has 1 heterocycles. The van der Waals surface area contributed by atoms with Gasteiger partial charge in [-0.15, -0.1) is 11.6 Å². The van der Waals surface area contributed by atoms with Crippen LogP contribution < -0.4 is 5.43 Å². The van der Waals surface area contributed by atoms with Crippen molar-refractivity contribution in [3.63, 3.8) is 0 Å². The minimum absolute atomic E-state index is 0.0545. The van der Waals surface area contributed by atoms with Gasteiger partial charge < -0.3 is 4.74 Å². The number of amides is 2. The van der Waals surface area contributed by atoms with Crippen molar-refractivity contribution in [3.05, 3.63) is 74.8 Å². The highest BCUT2D eigenvalue weighted by molar-refractivity contribution is 6.30. The molecule has 12 heteroatoms. The zero-order chi connectivity index (χ0) is 24.8. The molecule has 0 unspecified atom stereocenters. The van der Waals surface area contributed by atoms with Crippen LogP contribution in [-0.2, 0) is 14.3 Å². The van der Waals surface area contributed by atoms with Gasteiger partial charge in [-0.25, -0.2) is 0 Å². The first-order valence-electron chi connectivity index (χ1n) is 10.1. The third-order valence-electron chi connectivity index (χ3n) is 5.09. The van der Waals surface area contributed by atoms with E-state index in [1.165, 1.54) is 42.5 Å². The summed E-state index contributed by atoms with van der Waals surface area (Å²) in [5.74, 6) is -3.60. The van der Waals surface area contributed by atoms with E-state index >= 15 is 0 Å². The number of hydrogen-bond donors (Lipinski definition) is 1. The number of ketones is 1. The van der Waals surface area contributed by atoms with E-state index in [0.717, 1.165) is 11.1 Å². The summed E-state index contributed by atoms with van der Waals surface area (Å²) in [6, 6.07) is 11.3. The van der Waals surface area contributed by atoms with E-state index < -0.39 is 46.2 Å². The van der Waals surface area contributed by atoms with Crippen molar-refractivity contribution in [1.29, 1.82) is 0 Å². The van der Waals surface area contributed by atoms with Crippen LogP contribution in [0, 0.1) is 16.0 Å². The van der Waals surface area contributed by atoms with E-state index in [1.807, 2.05) is 0 Å². The normalized spacial score (nSPS) is 16.1. The number of benzene rings is 2. The quantitative estimate of drug-likeness (QED) is 0.181. The molecule has 0 radical (unpaired) electrons. The number of alkyl halides is 1. The Morgan fingerprint density at radius 2 is 1.85 bits per heavy atom. The van der Waals surface area contributed by atoms with Crippen LogP contribution in [0.4, 0.5) is 5.69 Å². The minimum Gasteiger partial charge on any atom is -0.454 e. The molecule has 0 saturated carbocycles. The molecule has 1 aliphatic heterocycles. The number of carbonyl (C=O) groups is 4. The second kappa shape index (κ2) is 11.1. The monoisotopic (exact) mass is 507 g/mol. The van der Waals surface area contributed by atoms with Crippen LogP contribution in [0.5, 0.6) is 0 Å². The van der Waals surface area contributed by atoms with Gasteiger partial charge in [-0.1, -0.05) is 23.7 Å². The van der Waals surface area contributed by atoms with E-state index in [-0.39, 0.29) is 36.4 Å². The van der Waals surface area contributed by atoms with Gasteiger partial charge in [0, 0.05) is 35.4 Å². The third-order valence-corrected chi connectivity index (χ3v) is 5.56. The van der Waals surface area contributed by atoms with E-state index in [2.05, 4.69) is 5.43 Å². The van der Waals surface area contributed by atoms with Crippen LogP contribution in [0.15, 0.2) is 48.5 Å². The Hall–Kier alpha value is -3.50. The number of esters is 1. The highest BCUT2D eigenvalue weighted by Crippen LogP contribution is 2.22. The third kappa shape index (κ3) is 5.89. The van der Waals surface area contributed by atoms with Gasteiger partial charge in [-0.2, -0.15) is 0 Å². The Morgan fingerprint density at radius 3 is 2.50 bits per heavy atom. The molecule has 1 aliphatic rings. The zero-order valence-electron chi connectivity index (χ0n) is 17.6. The number of nitro benzene ring substituents is 1. The van der Waals surface area contributed by atoms with Crippen molar-refractivity contribution >= 4 is 52.5 Å². The number of hydrogen-bond acceptors (Lipinski definition) is 7. The molecule has 2 aromatic rings. The first kappa shape index (κ1) is 25.1. The topological polar surface area (TPSA) is 136 Å². The number of para-hydroxylation sites is 1. The van der Waals surface area contributed by atoms with Crippen LogP contribution >= 0.6 is 23.2 Å². The average molecular weight is 508 g/mol. The molecule has 0 aromatic heterocycles. The zero-order valence-corrected chi connectivity index (χ0v) is 19.1. The maximum absolute atomic E-state index is 12.7. The maximum Gasteiger partial charge on any atom is 0.312 e. The number of carbonyl (C=O) groups excluding carboxylic acids is 4. The number of nitro groups is 1. The first-order valence-corrected chi connectivity index (χ1v) is 11.0. The summed E-state index contributed by atoms with van der Waals surface area (Å²) >= 11 is 11.6. The maximum atomic E-state index is 12.7. The Labute approximate surface area is 203 Å².